The maximum atomic E-state index is 13.4. The van der Waals surface area contributed by atoms with E-state index in [9.17, 15) is 14.7 Å². The molecule has 0 aliphatic heterocycles. The Morgan fingerprint density at radius 3 is 2.48 bits per heavy atom. The minimum atomic E-state index is -0.958. The normalized spacial score (nSPS) is 11.6. The van der Waals surface area contributed by atoms with E-state index in [-0.39, 0.29) is 21.4 Å². The molecule has 1 amide bonds. The Hall–Kier alpha value is -2.48. The molecule has 2 N–H and O–H groups in total. The molecule has 0 spiro atoms. The SMILES string of the molecule is CNCCCCOc1c(Cl)cc(C(=O)N(c2ccccc2)[C@@H](C)C(=O)OC)c(O)c1Cl. The van der Waals surface area contributed by atoms with Gasteiger partial charge in [0.25, 0.3) is 5.91 Å². The number of para-hydroxylation sites is 1. The van der Waals surface area contributed by atoms with E-state index in [2.05, 4.69) is 5.32 Å². The van der Waals surface area contributed by atoms with Crippen molar-refractivity contribution in [3.8, 4) is 11.5 Å². The third-order valence-corrected chi connectivity index (χ3v) is 5.26. The van der Waals surface area contributed by atoms with Gasteiger partial charge in [-0.25, -0.2) is 4.79 Å². The molecule has 0 aliphatic rings. The van der Waals surface area contributed by atoms with Crippen molar-refractivity contribution < 1.29 is 24.2 Å². The second kappa shape index (κ2) is 11.8. The number of carbonyl (C=O) groups excluding carboxylic acids is 2. The molecule has 0 heterocycles. The monoisotopic (exact) mass is 468 g/mol. The van der Waals surface area contributed by atoms with Gasteiger partial charge in [0, 0.05) is 5.69 Å². The zero-order chi connectivity index (χ0) is 23.0. The highest BCUT2D eigenvalue weighted by molar-refractivity contribution is 6.39. The number of phenols is 1. The predicted octanol–water partition coefficient (Wildman–Crippen LogP) is 4.29. The fourth-order valence-electron chi connectivity index (χ4n) is 2.98. The molecule has 0 unspecified atom stereocenters. The number of unbranched alkanes of at least 4 members (excludes halogenated alkanes) is 1. The number of benzene rings is 2. The molecule has 0 saturated carbocycles. The van der Waals surface area contributed by atoms with Gasteiger partial charge in [0.1, 0.15) is 11.1 Å². The van der Waals surface area contributed by atoms with Gasteiger partial charge >= 0.3 is 5.97 Å². The Morgan fingerprint density at radius 2 is 1.87 bits per heavy atom. The van der Waals surface area contributed by atoms with E-state index >= 15 is 0 Å². The van der Waals surface area contributed by atoms with Crippen LogP contribution in [-0.4, -0.2) is 50.3 Å². The van der Waals surface area contributed by atoms with Gasteiger partial charge in [-0.05, 0) is 51.6 Å². The lowest BCUT2D eigenvalue weighted by atomic mass is 10.1. The Bertz CT molecular complexity index is 909. The van der Waals surface area contributed by atoms with Crippen LogP contribution in [0.2, 0.25) is 10.0 Å². The molecule has 0 aliphatic carbocycles. The van der Waals surface area contributed by atoms with Crippen LogP contribution < -0.4 is 15.0 Å². The molecule has 0 saturated heterocycles. The smallest absolute Gasteiger partial charge is 0.328 e. The van der Waals surface area contributed by atoms with Crippen molar-refractivity contribution in [2.45, 2.75) is 25.8 Å². The Morgan fingerprint density at radius 1 is 1.19 bits per heavy atom. The molecular formula is C22H26Cl2N2O5. The highest BCUT2D eigenvalue weighted by atomic mass is 35.5. The van der Waals surface area contributed by atoms with E-state index in [1.54, 1.807) is 30.3 Å². The van der Waals surface area contributed by atoms with Crippen molar-refractivity contribution in [2.24, 2.45) is 0 Å². The zero-order valence-corrected chi connectivity index (χ0v) is 19.2. The number of nitrogens with zero attached hydrogens (tertiary/aromatic N) is 1. The number of methoxy groups -OCH3 is 1. The average Bonchev–Trinajstić information content (AvgIpc) is 2.78. The lowest BCUT2D eigenvalue weighted by Gasteiger charge is -2.28. The number of hydrogen-bond acceptors (Lipinski definition) is 6. The minimum absolute atomic E-state index is 0.0819. The largest absolute Gasteiger partial charge is 0.505 e. The fraction of sp³-hybridized carbons (Fsp3) is 0.364. The summed E-state index contributed by atoms with van der Waals surface area (Å²) in [5.74, 6) is -1.64. The molecule has 168 valence electrons. The Kier molecular flexibility index (Phi) is 9.43. The van der Waals surface area contributed by atoms with Crippen molar-refractivity contribution >= 4 is 40.8 Å². The number of halogens is 2. The molecule has 0 fully saturated rings. The quantitative estimate of drug-likeness (QED) is 0.399. The van der Waals surface area contributed by atoms with Crippen molar-refractivity contribution in [1.29, 1.82) is 0 Å². The number of phenolic OH excluding ortho intramolecular Hbond substituents is 1. The van der Waals surface area contributed by atoms with Crippen LogP contribution in [0.1, 0.15) is 30.1 Å². The first-order chi connectivity index (χ1) is 14.8. The van der Waals surface area contributed by atoms with Crippen LogP contribution in [0.5, 0.6) is 11.5 Å². The van der Waals surface area contributed by atoms with Gasteiger partial charge in [-0.15, -0.1) is 0 Å². The summed E-state index contributed by atoms with van der Waals surface area (Å²) >= 11 is 12.6. The van der Waals surface area contributed by atoms with Crippen LogP contribution in [0.4, 0.5) is 5.69 Å². The summed E-state index contributed by atoms with van der Waals surface area (Å²) < 4.78 is 10.4. The summed E-state index contributed by atoms with van der Waals surface area (Å²) in [5.41, 5.74) is 0.291. The van der Waals surface area contributed by atoms with Gasteiger partial charge < -0.3 is 19.9 Å². The maximum absolute atomic E-state index is 13.4. The summed E-state index contributed by atoms with van der Waals surface area (Å²) in [6, 6.07) is 8.89. The summed E-state index contributed by atoms with van der Waals surface area (Å²) in [7, 11) is 3.10. The van der Waals surface area contributed by atoms with Gasteiger partial charge in [-0.2, -0.15) is 0 Å². The number of carbonyl (C=O) groups is 2. The molecule has 2 rings (SSSR count). The fourth-order valence-corrected chi connectivity index (χ4v) is 3.54. The van der Waals surface area contributed by atoms with Gasteiger partial charge in [-0.3, -0.25) is 9.69 Å². The van der Waals surface area contributed by atoms with Crippen LogP contribution in [-0.2, 0) is 9.53 Å². The van der Waals surface area contributed by atoms with Crippen molar-refractivity contribution in [1.82, 2.24) is 5.32 Å². The van der Waals surface area contributed by atoms with E-state index in [0.29, 0.717) is 12.3 Å². The van der Waals surface area contributed by atoms with E-state index in [4.69, 9.17) is 32.7 Å². The van der Waals surface area contributed by atoms with Gasteiger partial charge in [0.2, 0.25) is 0 Å². The maximum Gasteiger partial charge on any atom is 0.328 e. The number of amides is 1. The third-order valence-electron chi connectivity index (χ3n) is 4.63. The van der Waals surface area contributed by atoms with Crippen molar-refractivity contribution in [3.05, 3.63) is 52.0 Å². The van der Waals surface area contributed by atoms with E-state index in [1.165, 1.54) is 25.0 Å². The molecular weight excluding hydrogens is 443 g/mol. The van der Waals surface area contributed by atoms with Crippen LogP contribution in [0.15, 0.2) is 36.4 Å². The van der Waals surface area contributed by atoms with E-state index < -0.39 is 23.7 Å². The third kappa shape index (κ3) is 6.03. The second-order valence-corrected chi connectivity index (χ2v) is 7.55. The van der Waals surface area contributed by atoms with Crippen LogP contribution in [0.25, 0.3) is 0 Å². The number of hydrogen-bond donors (Lipinski definition) is 2. The molecule has 2 aromatic rings. The standard InChI is InChI=1S/C22H26Cl2N2O5/c1-14(22(29)30-3)26(15-9-5-4-6-10-15)21(28)16-13-17(23)20(18(24)19(16)27)31-12-8-7-11-25-2/h4-6,9-10,13-14,25,27H,7-8,11-12H2,1-3H3/t14-/m0/s1. The topological polar surface area (TPSA) is 88.1 Å². The molecule has 7 nitrogen and oxygen atoms in total. The lowest BCUT2D eigenvalue weighted by Crippen LogP contribution is -2.44. The molecule has 1 atom stereocenters. The molecule has 2 aromatic carbocycles. The van der Waals surface area contributed by atoms with Crippen LogP contribution >= 0.6 is 23.2 Å². The highest BCUT2D eigenvalue weighted by Crippen LogP contribution is 2.42. The Balaban J connectivity index is 2.38. The summed E-state index contributed by atoms with van der Waals surface area (Å²) in [6.45, 7) is 2.72. The molecule has 0 radical (unpaired) electrons. The number of ether oxygens (including phenoxy) is 2. The first kappa shape index (κ1) is 24.8. The lowest BCUT2D eigenvalue weighted by molar-refractivity contribution is -0.141. The van der Waals surface area contributed by atoms with Crippen molar-refractivity contribution in [3.63, 3.8) is 0 Å². The van der Waals surface area contributed by atoms with Crippen LogP contribution in [0, 0.1) is 0 Å². The van der Waals surface area contributed by atoms with Crippen molar-refractivity contribution in [2.75, 3.05) is 32.2 Å². The summed E-state index contributed by atoms with van der Waals surface area (Å²) in [4.78, 5) is 26.8. The molecule has 0 bridgehead atoms. The minimum Gasteiger partial charge on any atom is -0.505 e. The average molecular weight is 469 g/mol. The van der Waals surface area contributed by atoms with Gasteiger partial charge in [0.15, 0.2) is 11.5 Å². The first-order valence-electron chi connectivity index (χ1n) is 9.78. The van der Waals surface area contributed by atoms with Crippen LogP contribution in [0.3, 0.4) is 0 Å². The highest BCUT2D eigenvalue weighted by Gasteiger charge is 2.32. The Labute approximate surface area is 191 Å². The second-order valence-electron chi connectivity index (χ2n) is 6.77. The zero-order valence-electron chi connectivity index (χ0n) is 17.7. The number of nitrogens with one attached hydrogen (secondary N) is 1. The summed E-state index contributed by atoms with van der Waals surface area (Å²) in [5, 5.41) is 13.6. The predicted molar refractivity (Wildman–Crippen MR) is 122 cm³/mol. The molecule has 31 heavy (non-hydrogen) atoms. The van der Waals surface area contributed by atoms with E-state index in [0.717, 1.165) is 19.4 Å². The number of rotatable bonds is 10. The molecule has 9 heteroatoms. The number of aromatic hydroxyl groups is 1. The first-order valence-corrected chi connectivity index (χ1v) is 10.5. The van der Waals surface area contributed by atoms with Gasteiger partial charge in [-0.1, -0.05) is 41.4 Å². The molecule has 0 aromatic heterocycles. The van der Waals surface area contributed by atoms with E-state index in [1.807, 2.05) is 7.05 Å². The van der Waals surface area contributed by atoms with Gasteiger partial charge in [0.05, 0.1) is 24.3 Å². The number of anilines is 1. The summed E-state index contributed by atoms with van der Waals surface area (Å²) in [6.07, 6.45) is 1.65. The number of esters is 1.